The Kier molecular flexibility index (Phi) is 5.54. The molecule has 1 atom stereocenters. The highest BCUT2D eigenvalue weighted by Crippen LogP contribution is 2.22. The molecule has 24 heavy (non-hydrogen) atoms. The van der Waals surface area contributed by atoms with Crippen LogP contribution in [0.25, 0.3) is 6.08 Å². The van der Waals surface area contributed by atoms with Crippen LogP contribution in [0.1, 0.15) is 22.8 Å². The Morgan fingerprint density at radius 1 is 0.792 bits per heavy atom. The lowest BCUT2D eigenvalue weighted by Crippen LogP contribution is -2.03. The lowest BCUT2D eigenvalue weighted by Gasteiger charge is -2.15. The van der Waals surface area contributed by atoms with E-state index >= 15 is 0 Å². The third-order valence-corrected chi connectivity index (χ3v) is 3.77. The molecule has 120 valence electrons. The van der Waals surface area contributed by atoms with Crippen molar-refractivity contribution >= 4 is 6.08 Å². The minimum Gasteiger partial charge on any atom is -0.365 e. The number of ether oxygens (including phenoxy) is 1. The molecule has 0 amide bonds. The van der Waals surface area contributed by atoms with E-state index in [0.717, 1.165) is 11.1 Å². The molecule has 3 aromatic rings. The summed E-state index contributed by atoms with van der Waals surface area (Å²) >= 11 is 0. The average Bonchev–Trinajstić information content (AvgIpc) is 2.65. The second kappa shape index (κ2) is 8.23. The van der Waals surface area contributed by atoms with Crippen LogP contribution < -0.4 is 0 Å². The van der Waals surface area contributed by atoms with Gasteiger partial charge in [0.2, 0.25) is 0 Å². The van der Waals surface area contributed by atoms with Crippen molar-refractivity contribution in [2.75, 3.05) is 0 Å². The summed E-state index contributed by atoms with van der Waals surface area (Å²) in [6.45, 7) is 0.228. The van der Waals surface area contributed by atoms with Crippen molar-refractivity contribution in [3.8, 4) is 0 Å². The van der Waals surface area contributed by atoms with Crippen molar-refractivity contribution in [1.82, 2.24) is 0 Å². The van der Waals surface area contributed by atoms with Gasteiger partial charge in [-0.05, 0) is 17.2 Å². The molecule has 0 bridgehead atoms. The molecule has 0 N–H and O–H groups in total. The molecule has 0 aliphatic heterocycles. The van der Waals surface area contributed by atoms with Crippen LogP contribution in [-0.4, -0.2) is 0 Å². The molecule has 0 aromatic heterocycles. The quantitative estimate of drug-likeness (QED) is 0.558. The second-order valence-electron chi connectivity index (χ2n) is 5.50. The molecule has 3 aromatic carbocycles. The number of benzene rings is 3. The van der Waals surface area contributed by atoms with Crippen molar-refractivity contribution < 1.29 is 9.13 Å². The van der Waals surface area contributed by atoms with Crippen molar-refractivity contribution in [3.05, 3.63) is 114 Å². The summed E-state index contributed by atoms with van der Waals surface area (Å²) in [5.74, 6) is -0.239. The van der Waals surface area contributed by atoms with Crippen LogP contribution in [-0.2, 0) is 11.3 Å². The maximum atomic E-state index is 13.8. The van der Waals surface area contributed by atoms with E-state index in [0.29, 0.717) is 5.56 Å². The number of hydrogen-bond donors (Lipinski definition) is 0. The summed E-state index contributed by atoms with van der Waals surface area (Å²) in [7, 11) is 0. The van der Waals surface area contributed by atoms with Gasteiger partial charge in [0.05, 0.1) is 6.61 Å². The van der Waals surface area contributed by atoms with Gasteiger partial charge in [0.1, 0.15) is 11.9 Å². The smallest absolute Gasteiger partial charge is 0.128 e. The highest BCUT2D eigenvalue weighted by Gasteiger charge is 2.10. The lowest BCUT2D eigenvalue weighted by atomic mass is 10.1. The third kappa shape index (κ3) is 4.40. The number of hydrogen-bond acceptors (Lipinski definition) is 1. The molecule has 0 saturated carbocycles. The fourth-order valence-electron chi connectivity index (χ4n) is 2.46. The molecule has 0 spiro atoms. The van der Waals surface area contributed by atoms with Crippen LogP contribution in [0, 0.1) is 5.82 Å². The van der Waals surface area contributed by atoms with E-state index in [4.69, 9.17) is 4.74 Å². The zero-order valence-corrected chi connectivity index (χ0v) is 13.3. The topological polar surface area (TPSA) is 9.23 Å². The molecule has 0 aliphatic rings. The Morgan fingerprint density at radius 2 is 1.42 bits per heavy atom. The summed E-state index contributed by atoms with van der Waals surface area (Å²) in [5, 5.41) is 0. The first-order valence-corrected chi connectivity index (χ1v) is 7.96. The minimum atomic E-state index is -0.239. The van der Waals surface area contributed by atoms with Crippen LogP contribution in [0.5, 0.6) is 0 Å². The lowest BCUT2D eigenvalue weighted by molar-refractivity contribution is 0.0704. The molecule has 0 aliphatic carbocycles. The van der Waals surface area contributed by atoms with Crippen LogP contribution in [0.3, 0.4) is 0 Å². The van der Waals surface area contributed by atoms with E-state index in [9.17, 15) is 4.39 Å². The second-order valence-corrected chi connectivity index (χ2v) is 5.50. The van der Waals surface area contributed by atoms with Gasteiger partial charge in [-0.3, -0.25) is 0 Å². The van der Waals surface area contributed by atoms with E-state index in [1.54, 1.807) is 12.1 Å². The van der Waals surface area contributed by atoms with E-state index in [2.05, 4.69) is 0 Å². The first-order valence-electron chi connectivity index (χ1n) is 7.96. The largest absolute Gasteiger partial charge is 0.365 e. The molecular weight excluding hydrogens is 299 g/mol. The van der Waals surface area contributed by atoms with Crippen LogP contribution in [0.15, 0.2) is 91.0 Å². The van der Waals surface area contributed by atoms with Gasteiger partial charge in [-0.1, -0.05) is 91.0 Å². The molecule has 0 fully saturated rings. The Bertz CT molecular complexity index is 781. The molecule has 0 saturated heterocycles. The van der Waals surface area contributed by atoms with Crippen molar-refractivity contribution in [3.63, 3.8) is 0 Å². The Morgan fingerprint density at radius 3 is 2.12 bits per heavy atom. The first kappa shape index (κ1) is 16.2. The molecule has 2 heteroatoms. The van der Waals surface area contributed by atoms with Gasteiger partial charge in [-0.25, -0.2) is 4.39 Å². The molecule has 0 unspecified atom stereocenters. The Hall–Kier alpha value is -2.71. The van der Waals surface area contributed by atoms with Gasteiger partial charge in [0.25, 0.3) is 0 Å². The van der Waals surface area contributed by atoms with Gasteiger partial charge >= 0.3 is 0 Å². The highest BCUT2D eigenvalue weighted by molar-refractivity contribution is 5.50. The fourth-order valence-corrected chi connectivity index (χ4v) is 2.46. The van der Waals surface area contributed by atoms with E-state index < -0.39 is 0 Å². The summed E-state index contributed by atoms with van der Waals surface area (Å²) in [6, 6.07) is 26.7. The van der Waals surface area contributed by atoms with Crippen molar-refractivity contribution in [2.24, 2.45) is 0 Å². The van der Waals surface area contributed by atoms with Gasteiger partial charge in [0.15, 0.2) is 0 Å². The highest BCUT2D eigenvalue weighted by atomic mass is 19.1. The van der Waals surface area contributed by atoms with Crippen molar-refractivity contribution in [1.29, 1.82) is 0 Å². The summed E-state index contributed by atoms with van der Waals surface area (Å²) < 4.78 is 19.8. The molecular formula is C22H19FO. The molecule has 0 heterocycles. The zero-order chi connectivity index (χ0) is 16.6. The molecule has 1 nitrogen and oxygen atoms in total. The van der Waals surface area contributed by atoms with Crippen molar-refractivity contribution in [2.45, 2.75) is 12.7 Å². The number of rotatable bonds is 6. The van der Waals surface area contributed by atoms with Gasteiger partial charge in [-0.15, -0.1) is 0 Å². The van der Waals surface area contributed by atoms with E-state index in [1.165, 1.54) is 6.07 Å². The summed E-state index contributed by atoms with van der Waals surface area (Å²) in [4.78, 5) is 0. The minimum absolute atomic E-state index is 0.228. The maximum absolute atomic E-state index is 13.8. The fraction of sp³-hybridized carbons (Fsp3) is 0.0909. The number of halogens is 1. The van der Waals surface area contributed by atoms with Gasteiger partial charge in [-0.2, -0.15) is 0 Å². The normalized spacial score (nSPS) is 12.4. The predicted molar refractivity (Wildman–Crippen MR) is 95.8 cm³/mol. The maximum Gasteiger partial charge on any atom is 0.128 e. The SMILES string of the molecule is Fc1ccccc1CO[C@H](/C=C/c1ccccc1)c1ccccc1. The average molecular weight is 318 g/mol. The third-order valence-electron chi connectivity index (χ3n) is 3.77. The van der Waals surface area contributed by atoms with Crippen LogP contribution in [0.4, 0.5) is 4.39 Å². The monoisotopic (exact) mass is 318 g/mol. The van der Waals surface area contributed by atoms with E-state index in [1.807, 2.05) is 78.9 Å². The van der Waals surface area contributed by atoms with Crippen LogP contribution in [0.2, 0.25) is 0 Å². The summed E-state index contributed by atoms with van der Waals surface area (Å²) in [5.41, 5.74) is 2.71. The molecule has 0 radical (unpaired) electrons. The van der Waals surface area contributed by atoms with Gasteiger partial charge < -0.3 is 4.74 Å². The Balaban J connectivity index is 1.78. The van der Waals surface area contributed by atoms with E-state index in [-0.39, 0.29) is 18.5 Å². The van der Waals surface area contributed by atoms with Crippen LogP contribution >= 0.6 is 0 Å². The van der Waals surface area contributed by atoms with Gasteiger partial charge in [0, 0.05) is 5.56 Å². The zero-order valence-electron chi connectivity index (χ0n) is 13.3. The predicted octanol–water partition coefficient (Wildman–Crippen LogP) is 5.80. The Labute approximate surface area is 142 Å². The molecule has 3 rings (SSSR count). The summed E-state index contributed by atoms with van der Waals surface area (Å²) in [6.07, 6.45) is 3.80. The standard InChI is InChI=1S/C22H19FO/c23-21-14-8-7-13-20(21)17-24-22(19-11-5-2-6-12-19)16-15-18-9-3-1-4-10-18/h1-16,22H,17H2/b16-15+/t22-/m1/s1. The first-order chi connectivity index (χ1) is 11.8.